The average Bonchev–Trinajstić information content (AvgIpc) is 3.44. The maximum atomic E-state index is 12.8. The SMILES string of the molecule is COc1ccc(-c2nnc(NC(=O)C3CCCN3C(=O)NC3CCCCC3)s2)cc1. The van der Waals surface area contributed by atoms with Crippen molar-refractivity contribution in [1.29, 1.82) is 0 Å². The van der Waals surface area contributed by atoms with E-state index in [0.717, 1.165) is 43.4 Å². The van der Waals surface area contributed by atoms with Crippen LogP contribution >= 0.6 is 11.3 Å². The van der Waals surface area contributed by atoms with Crippen LogP contribution in [-0.2, 0) is 4.79 Å². The monoisotopic (exact) mass is 429 g/mol. The number of ether oxygens (including phenoxy) is 1. The van der Waals surface area contributed by atoms with Gasteiger partial charge in [-0.3, -0.25) is 10.1 Å². The number of hydrogen-bond acceptors (Lipinski definition) is 6. The number of nitrogens with one attached hydrogen (secondary N) is 2. The van der Waals surface area contributed by atoms with Gasteiger partial charge < -0.3 is 15.0 Å². The van der Waals surface area contributed by atoms with Gasteiger partial charge in [-0.05, 0) is 49.9 Å². The Balaban J connectivity index is 1.36. The average molecular weight is 430 g/mol. The highest BCUT2D eigenvalue weighted by Crippen LogP contribution is 2.28. The van der Waals surface area contributed by atoms with Crippen LogP contribution in [0.1, 0.15) is 44.9 Å². The maximum Gasteiger partial charge on any atom is 0.318 e. The van der Waals surface area contributed by atoms with Crippen molar-refractivity contribution in [3.63, 3.8) is 0 Å². The Morgan fingerprint density at radius 2 is 1.83 bits per heavy atom. The van der Waals surface area contributed by atoms with Crippen molar-refractivity contribution < 1.29 is 14.3 Å². The Hall–Kier alpha value is -2.68. The summed E-state index contributed by atoms with van der Waals surface area (Å²) >= 11 is 1.31. The molecule has 1 aliphatic carbocycles. The fourth-order valence-corrected chi connectivity index (χ4v) is 4.85. The molecule has 2 N–H and O–H groups in total. The molecule has 0 spiro atoms. The molecular weight excluding hydrogens is 402 g/mol. The zero-order valence-electron chi connectivity index (χ0n) is 17.1. The normalized spacial score (nSPS) is 19.5. The number of amides is 3. The van der Waals surface area contributed by atoms with E-state index in [4.69, 9.17) is 4.74 Å². The van der Waals surface area contributed by atoms with E-state index in [-0.39, 0.29) is 18.0 Å². The molecule has 2 heterocycles. The van der Waals surface area contributed by atoms with E-state index in [2.05, 4.69) is 20.8 Å². The fourth-order valence-electron chi connectivity index (χ4n) is 4.10. The molecule has 8 nitrogen and oxygen atoms in total. The molecule has 0 bridgehead atoms. The molecular formula is C21H27N5O3S. The van der Waals surface area contributed by atoms with Crippen molar-refractivity contribution in [2.75, 3.05) is 19.0 Å². The molecule has 2 aromatic rings. The summed E-state index contributed by atoms with van der Waals surface area (Å²) in [5.74, 6) is 0.563. The quantitative estimate of drug-likeness (QED) is 0.756. The van der Waals surface area contributed by atoms with E-state index in [1.165, 1.54) is 17.8 Å². The Morgan fingerprint density at radius 3 is 2.57 bits per heavy atom. The minimum absolute atomic E-state index is 0.129. The van der Waals surface area contributed by atoms with Gasteiger partial charge in [0.1, 0.15) is 16.8 Å². The van der Waals surface area contributed by atoms with Crippen molar-refractivity contribution in [3.05, 3.63) is 24.3 Å². The second kappa shape index (κ2) is 9.42. The molecule has 4 rings (SSSR count). The van der Waals surface area contributed by atoms with Crippen LogP contribution in [0.2, 0.25) is 0 Å². The van der Waals surface area contributed by atoms with Crippen molar-refractivity contribution in [3.8, 4) is 16.3 Å². The fraction of sp³-hybridized carbons (Fsp3) is 0.524. The van der Waals surface area contributed by atoms with Gasteiger partial charge in [-0.25, -0.2) is 4.79 Å². The number of nitrogens with zero attached hydrogens (tertiary/aromatic N) is 3. The molecule has 160 valence electrons. The molecule has 9 heteroatoms. The molecule has 1 unspecified atom stereocenters. The minimum atomic E-state index is -0.470. The van der Waals surface area contributed by atoms with Gasteiger partial charge in [0.2, 0.25) is 11.0 Å². The first kappa shape index (κ1) is 20.6. The lowest BCUT2D eigenvalue weighted by molar-refractivity contribution is -0.119. The smallest absolute Gasteiger partial charge is 0.318 e. The summed E-state index contributed by atoms with van der Waals surface area (Å²) in [6, 6.07) is 7.15. The Bertz CT molecular complexity index is 879. The van der Waals surface area contributed by atoms with Crippen molar-refractivity contribution in [1.82, 2.24) is 20.4 Å². The first-order chi connectivity index (χ1) is 14.6. The second-order valence-corrected chi connectivity index (χ2v) is 8.74. The molecule has 1 aromatic heterocycles. The predicted molar refractivity (Wildman–Crippen MR) is 116 cm³/mol. The first-order valence-corrected chi connectivity index (χ1v) is 11.3. The van der Waals surface area contributed by atoms with E-state index in [1.54, 1.807) is 12.0 Å². The third-order valence-electron chi connectivity index (χ3n) is 5.74. The number of likely N-dealkylation sites (tertiary alicyclic amines) is 1. The van der Waals surface area contributed by atoms with E-state index in [0.29, 0.717) is 23.1 Å². The summed E-state index contributed by atoms with van der Waals surface area (Å²) in [4.78, 5) is 27.2. The number of hydrogen-bond donors (Lipinski definition) is 2. The summed E-state index contributed by atoms with van der Waals surface area (Å²) in [5, 5.41) is 15.4. The lowest BCUT2D eigenvalue weighted by Gasteiger charge is -2.28. The second-order valence-electron chi connectivity index (χ2n) is 7.77. The highest BCUT2D eigenvalue weighted by atomic mass is 32.1. The Kier molecular flexibility index (Phi) is 6.47. The number of benzene rings is 1. The standard InChI is InChI=1S/C21H27N5O3S/c1-29-16-11-9-14(10-12-16)19-24-25-20(30-19)23-18(27)17-8-5-13-26(17)21(28)22-15-6-3-2-4-7-15/h9-12,15,17H,2-8,13H2,1H3,(H,22,28)(H,23,25,27). The zero-order valence-corrected chi connectivity index (χ0v) is 17.9. The minimum Gasteiger partial charge on any atom is -0.497 e. The molecule has 0 radical (unpaired) electrons. The molecule has 2 fully saturated rings. The number of anilines is 1. The van der Waals surface area contributed by atoms with Gasteiger partial charge >= 0.3 is 6.03 Å². The maximum absolute atomic E-state index is 12.8. The van der Waals surface area contributed by atoms with Crippen LogP contribution in [0.25, 0.3) is 10.6 Å². The van der Waals surface area contributed by atoms with Crippen molar-refractivity contribution in [2.45, 2.75) is 57.0 Å². The number of carbonyl (C=O) groups excluding carboxylic acids is 2. The summed E-state index contributed by atoms with van der Waals surface area (Å²) in [7, 11) is 1.62. The van der Waals surface area contributed by atoms with Gasteiger partial charge in [-0.1, -0.05) is 30.6 Å². The molecule has 30 heavy (non-hydrogen) atoms. The van der Waals surface area contributed by atoms with Crippen LogP contribution in [0.3, 0.4) is 0 Å². The van der Waals surface area contributed by atoms with Crippen molar-refractivity contribution in [2.24, 2.45) is 0 Å². The molecule has 1 saturated carbocycles. The number of methoxy groups -OCH3 is 1. The van der Waals surface area contributed by atoms with Crippen LogP contribution in [0.4, 0.5) is 9.93 Å². The lowest BCUT2D eigenvalue weighted by Crippen LogP contribution is -2.50. The molecule has 1 aromatic carbocycles. The number of rotatable bonds is 5. The largest absolute Gasteiger partial charge is 0.497 e. The van der Waals surface area contributed by atoms with Gasteiger partial charge in [0, 0.05) is 18.2 Å². The van der Waals surface area contributed by atoms with Gasteiger partial charge in [0.15, 0.2) is 0 Å². The molecule has 1 aliphatic heterocycles. The van der Waals surface area contributed by atoms with Crippen LogP contribution in [-0.4, -0.2) is 52.8 Å². The summed E-state index contributed by atoms with van der Waals surface area (Å²) in [5.41, 5.74) is 0.906. The van der Waals surface area contributed by atoms with Crippen LogP contribution in [0, 0.1) is 0 Å². The van der Waals surface area contributed by atoms with Gasteiger partial charge in [-0.2, -0.15) is 0 Å². The van der Waals surface area contributed by atoms with Crippen LogP contribution in [0.5, 0.6) is 5.75 Å². The number of urea groups is 1. The van der Waals surface area contributed by atoms with E-state index in [1.807, 2.05) is 24.3 Å². The molecule has 3 amide bonds. The highest BCUT2D eigenvalue weighted by molar-refractivity contribution is 7.18. The summed E-state index contributed by atoms with van der Waals surface area (Å²) < 4.78 is 5.17. The first-order valence-electron chi connectivity index (χ1n) is 10.5. The third-order valence-corrected chi connectivity index (χ3v) is 6.63. The van der Waals surface area contributed by atoms with Crippen molar-refractivity contribution >= 4 is 28.4 Å². The zero-order chi connectivity index (χ0) is 20.9. The Morgan fingerprint density at radius 1 is 1.07 bits per heavy atom. The predicted octanol–water partition coefficient (Wildman–Crippen LogP) is 3.66. The molecule has 1 saturated heterocycles. The number of aromatic nitrogens is 2. The van der Waals surface area contributed by atoms with Crippen LogP contribution in [0.15, 0.2) is 24.3 Å². The van der Waals surface area contributed by atoms with E-state index >= 15 is 0 Å². The third kappa shape index (κ3) is 4.72. The lowest BCUT2D eigenvalue weighted by atomic mass is 9.96. The highest BCUT2D eigenvalue weighted by Gasteiger charge is 2.35. The van der Waals surface area contributed by atoms with E-state index < -0.39 is 6.04 Å². The van der Waals surface area contributed by atoms with E-state index in [9.17, 15) is 9.59 Å². The van der Waals surface area contributed by atoms with Gasteiger partial charge in [-0.15, -0.1) is 10.2 Å². The Labute approximate surface area is 180 Å². The topological polar surface area (TPSA) is 96.5 Å². The molecule has 1 atom stereocenters. The number of carbonyl (C=O) groups is 2. The summed E-state index contributed by atoms with van der Waals surface area (Å²) in [6.45, 7) is 0.601. The summed E-state index contributed by atoms with van der Waals surface area (Å²) in [6.07, 6.45) is 7.08. The molecule has 2 aliphatic rings. The van der Waals surface area contributed by atoms with Gasteiger partial charge in [0.05, 0.1) is 7.11 Å². The van der Waals surface area contributed by atoms with Crippen LogP contribution < -0.4 is 15.4 Å². The van der Waals surface area contributed by atoms with Gasteiger partial charge in [0.25, 0.3) is 0 Å².